The summed E-state index contributed by atoms with van der Waals surface area (Å²) < 4.78 is 0. The molecule has 0 aliphatic rings. The fourth-order valence-corrected chi connectivity index (χ4v) is 0.995. The van der Waals surface area contributed by atoms with Crippen LogP contribution in [0.25, 0.3) is 10.9 Å². The Hall–Kier alpha value is -0.134. The summed E-state index contributed by atoms with van der Waals surface area (Å²) in [4.78, 5) is 12.1. The zero-order chi connectivity index (χ0) is 9.68. The molecule has 0 aliphatic carbocycles. The summed E-state index contributed by atoms with van der Waals surface area (Å²) in [7, 11) is 0. The molecule has 0 saturated carbocycles. The quantitative estimate of drug-likeness (QED) is 0.578. The zero-order valence-electron chi connectivity index (χ0n) is 9.32. The number of hydrogen-bond acceptors (Lipinski definition) is 1. The summed E-state index contributed by atoms with van der Waals surface area (Å²) in [5.41, 5.74) is 1.21. The number of carboxylic acids is 1. The molecule has 0 amide bonds. The summed E-state index contributed by atoms with van der Waals surface area (Å²) in [6, 6.07) is 10.3. The van der Waals surface area contributed by atoms with Crippen LogP contribution in [-0.4, -0.2) is 16.1 Å². The number of aliphatic carboxylic acids is 1. The van der Waals surface area contributed by atoms with Crippen LogP contribution in [0.1, 0.15) is 8.35 Å². The summed E-state index contributed by atoms with van der Waals surface area (Å²) in [6.45, 7) is 1.08. The topological polar surface area (TPSA) is 53.1 Å². The van der Waals surface area contributed by atoms with Crippen LogP contribution in [0, 0.1) is 0 Å². The van der Waals surface area contributed by atoms with Crippen LogP contribution < -0.4 is 51.4 Å². The molecule has 0 aliphatic heterocycles. The van der Waals surface area contributed by atoms with Gasteiger partial charge < -0.3 is 11.5 Å². The normalized spacial score (nSPS) is 8.36. The Balaban J connectivity index is 0. The van der Waals surface area contributed by atoms with E-state index >= 15 is 0 Å². The first-order chi connectivity index (χ1) is 6.20. The molecule has 0 fully saturated rings. The number of nitrogens with one attached hydrogen (secondary N) is 1. The number of hydrogen-bond donors (Lipinski definition) is 2. The summed E-state index contributed by atoms with van der Waals surface area (Å²) >= 11 is 0. The van der Waals surface area contributed by atoms with Gasteiger partial charge in [0.2, 0.25) is 0 Å². The third-order valence-corrected chi connectivity index (χ3v) is 1.46. The number of fused-ring (bicyclic) bond motifs is 1. The summed E-state index contributed by atoms with van der Waals surface area (Å²) in [5, 5.41) is 8.69. The van der Waals surface area contributed by atoms with Crippen LogP contribution in [-0.2, 0) is 4.79 Å². The van der Waals surface area contributed by atoms with Crippen molar-refractivity contribution < 1.29 is 62.7 Å². The SMILES string of the molecule is CC(=O)O.[H-].[K+].c1ccc2[nH]ccc2c1. The molecule has 0 spiro atoms. The maximum atomic E-state index is 9.00. The molecule has 0 atom stereocenters. The fraction of sp³-hybridized carbons (Fsp3) is 0.100. The van der Waals surface area contributed by atoms with E-state index in [0.29, 0.717) is 0 Å². The van der Waals surface area contributed by atoms with Gasteiger partial charge >= 0.3 is 51.4 Å². The van der Waals surface area contributed by atoms with E-state index in [9.17, 15) is 0 Å². The van der Waals surface area contributed by atoms with E-state index in [4.69, 9.17) is 9.90 Å². The van der Waals surface area contributed by atoms with Gasteiger partial charge in [-0.25, -0.2) is 0 Å². The van der Waals surface area contributed by atoms with Gasteiger partial charge in [0.05, 0.1) is 0 Å². The Bertz CT molecular complexity index is 369. The average Bonchev–Trinajstić information content (AvgIpc) is 2.49. The fourth-order valence-electron chi connectivity index (χ4n) is 0.995. The average molecular weight is 217 g/mol. The minimum atomic E-state index is -0.833. The molecule has 3 nitrogen and oxygen atoms in total. The third-order valence-electron chi connectivity index (χ3n) is 1.46. The van der Waals surface area contributed by atoms with Crippen molar-refractivity contribution in [2.75, 3.05) is 0 Å². The van der Waals surface area contributed by atoms with Crippen molar-refractivity contribution in [2.24, 2.45) is 0 Å². The van der Waals surface area contributed by atoms with Crippen LogP contribution in [0.5, 0.6) is 0 Å². The first kappa shape index (κ1) is 13.9. The monoisotopic (exact) mass is 217 g/mol. The Morgan fingerprint density at radius 3 is 2.50 bits per heavy atom. The van der Waals surface area contributed by atoms with E-state index in [1.165, 1.54) is 10.9 Å². The number of aromatic nitrogens is 1. The molecule has 0 radical (unpaired) electrons. The first-order valence-electron chi connectivity index (χ1n) is 3.92. The van der Waals surface area contributed by atoms with E-state index < -0.39 is 5.97 Å². The van der Waals surface area contributed by atoms with Gasteiger partial charge in [-0.3, -0.25) is 4.79 Å². The maximum absolute atomic E-state index is 9.00. The van der Waals surface area contributed by atoms with E-state index in [-0.39, 0.29) is 52.8 Å². The van der Waals surface area contributed by atoms with Gasteiger partial charge in [0.15, 0.2) is 0 Å². The number of aromatic amines is 1. The van der Waals surface area contributed by atoms with Crippen molar-refractivity contribution in [3.8, 4) is 0 Å². The van der Waals surface area contributed by atoms with Crippen LogP contribution >= 0.6 is 0 Å². The largest absolute Gasteiger partial charge is 1.00 e. The molecule has 2 rings (SSSR count). The van der Waals surface area contributed by atoms with E-state index in [1.807, 2.05) is 18.3 Å². The Labute approximate surface area is 126 Å². The molecule has 70 valence electrons. The Kier molecular flexibility index (Phi) is 7.13. The smallest absolute Gasteiger partial charge is 1.00 e. The van der Waals surface area contributed by atoms with Crippen LogP contribution in [0.15, 0.2) is 36.5 Å². The predicted octanol–water partition coefficient (Wildman–Crippen LogP) is -0.625. The molecular formula is C10H12KNO2. The molecule has 4 heteroatoms. The zero-order valence-corrected chi connectivity index (χ0v) is 11.4. The molecule has 2 N–H and O–H groups in total. The van der Waals surface area contributed by atoms with Gasteiger partial charge in [-0.15, -0.1) is 0 Å². The second-order valence-corrected chi connectivity index (χ2v) is 2.58. The molecule has 1 heterocycles. The van der Waals surface area contributed by atoms with Crippen LogP contribution in [0.4, 0.5) is 0 Å². The third kappa shape index (κ3) is 4.93. The Morgan fingerprint density at radius 1 is 1.36 bits per heavy atom. The molecule has 0 unspecified atom stereocenters. The van der Waals surface area contributed by atoms with Crippen molar-refractivity contribution in [3.05, 3.63) is 36.5 Å². The number of benzene rings is 1. The molecule has 0 saturated heterocycles. The number of carbonyl (C=O) groups is 1. The molecule has 0 bridgehead atoms. The molecule has 2 aromatic rings. The minimum Gasteiger partial charge on any atom is -1.00 e. The van der Waals surface area contributed by atoms with Crippen LogP contribution in [0.3, 0.4) is 0 Å². The van der Waals surface area contributed by atoms with Crippen molar-refractivity contribution in [3.63, 3.8) is 0 Å². The van der Waals surface area contributed by atoms with Crippen molar-refractivity contribution in [1.82, 2.24) is 4.98 Å². The number of rotatable bonds is 0. The van der Waals surface area contributed by atoms with E-state index in [0.717, 1.165) is 6.92 Å². The van der Waals surface area contributed by atoms with Crippen LogP contribution in [0.2, 0.25) is 0 Å². The molecule has 1 aromatic carbocycles. The van der Waals surface area contributed by atoms with Gasteiger partial charge in [-0.05, 0) is 17.5 Å². The van der Waals surface area contributed by atoms with Gasteiger partial charge in [0.25, 0.3) is 5.97 Å². The molecular weight excluding hydrogens is 205 g/mol. The maximum Gasteiger partial charge on any atom is 1.00 e. The summed E-state index contributed by atoms with van der Waals surface area (Å²) in [6.07, 6.45) is 1.95. The second kappa shape index (κ2) is 7.20. The molecule has 14 heavy (non-hydrogen) atoms. The van der Waals surface area contributed by atoms with Gasteiger partial charge in [0, 0.05) is 18.6 Å². The van der Waals surface area contributed by atoms with Crippen molar-refractivity contribution in [2.45, 2.75) is 6.92 Å². The number of carboxylic acid groups (broad SMARTS) is 1. The van der Waals surface area contributed by atoms with Crippen molar-refractivity contribution >= 4 is 16.9 Å². The predicted molar refractivity (Wildman–Crippen MR) is 52.7 cm³/mol. The standard InChI is InChI=1S/C8H7N.C2H4O2.K.H/c1-2-4-8-7(3-1)5-6-9-8;1-2(3)4;;/h1-6,9H;1H3,(H,3,4);;/q;;+1;-1. The van der Waals surface area contributed by atoms with Gasteiger partial charge in [-0.1, -0.05) is 18.2 Å². The van der Waals surface area contributed by atoms with Gasteiger partial charge in [-0.2, -0.15) is 0 Å². The van der Waals surface area contributed by atoms with E-state index in [2.05, 4.69) is 23.2 Å². The van der Waals surface area contributed by atoms with E-state index in [1.54, 1.807) is 0 Å². The minimum absolute atomic E-state index is 0. The first-order valence-corrected chi connectivity index (χ1v) is 3.92. The summed E-state index contributed by atoms with van der Waals surface area (Å²) in [5.74, 6) is -0.833. The second-order valence-electron chi connectivity index (χ2n) is 2.58. The molecule has 1 aromatic heterocycles. The van der Waals surface area contributed by atoms with Gasteiger partial charge in [0.1, 0.15) is 0 Å². The number of para-hydroxylation sites is 1. The number of H-pyrrole nitrogens is 1. The Morgan fingerprint density at radius 2 is 1.93 bits per heavy atom. The van der Waals surface area contributed by atoms with Crippen molar-refractivity contribution in [1.29, 1.82) is 0 Å².